The summed E-state index contributed by atoms with van der Waals surface area (Å²) in [6.45, 7) is -0.604. The Labute approximate surface area is 147 Å². The number of halogens is 3. The summed E-state index contributed by atoms with van der Waals surface area (Å²) in [6.07, 6.45) is 0. The van der Waals surface area contributed by atoms with Crippen LogP contribution in [0.25, 0.3) is 0 Å². The number of benzene rings is 2. The summed E-state index contributed by atoms with van der Waals surface area (Å²) in [6, 6.07) is 8.36. The van der Waals surface area contributed by atoms with Gasteiger partial charge in [0.2, 0.25) is 0 Å². The summed E-state index contributed by atoms with van der Waals surface area (Å²) in [5, 5.41) is 2.88. The lowest BCUT2D eigenvalue weighted by atomic mass is 10.2. The van der Waals surface area contributed by atoms with E-state index in [9.17, 15) is 14.0 Å². The van der Waals surface area contributed by atoms with Gasteiger partial charge in [-0.15, -0.1) is 0 Å². The maximum atomic E-state index is 13.7. The van der Waals surface area contributed by atoms with Gasteiger partial charge in [0.25, 0.3) is 5.91 Å². The Morgan fingerprint density at radius 2 is 1.96 bits per heavy atom. The number of esters is 1. The summed E-state index contributed by atoms with van der Waals surface area (Å²) in [7, 11) is 1.37. The first-order valence-corrected chi connectivity index (χ1v) is 7.42. The van der Waals surface area contributed by atoms with Crippen molar-refractivity contribution in [3.63, 3.8) is 0 Å². The zero-order valence-corrected chi connectivity index (χ0v) is 13.9. The number of hydrogen-bond acceptors (Lipinski definition) is 4. The molecule has 0 fully saturated rings. The Bertz CT molecular complexity index is 783. The summed E-state index contributed by atoms with van der Waals surface area (Å²) in [4.78, 5) is 23.6. The van der Waals surface area contributed by atoms with E-state index in [0.717, 1.165) is 6.07 Å². The van der Waals surface area contributed by atoms with Crippen LogP contribution in [0.2, 0.25) is 10.0 Å². The van der Waals surface area contributed by atoms with Crippen molar-refractivity contribution in [3.8, 4) is 5.75 Å². The molecule has 24 heavy (non-hydrogen) atoms. The zero-order chi connectivity index (χ0) is 17.7. The number of carbonyl (C=O) groups excluding carboxylic acids is 2. The van der Waals surface area contributed by atoms with Crippen molar-refractivity contribution in [1.82, 2.24) is 0 Å². The maximum absolute atomic E-state index is 13.7. The predicted octanol–water partition coefficient (Wildman–Crippen LogP) is 3.94. The van der Waals surface area contributed by atoms with Gasteiger partial charge in [-0.3, -0.25) is 4.79 Å². The van der Waals surface area contributed by atoms with E-state index in [2.05, 4.69) is 5.32 Å². The highest BCUT2D eigenvalue weighted by atomic mass is 35.5. The van der Waals surface area contributed by atoms with Gasteiger partial charge in [-0.25, -0.2) is 9.18 Å². The molecule has 0 saturated carbocycles. The molecular weight excluding hydrogens is 360 g/mol. The minimum atomic E-state index is -0.970. The summed E-state index contributed by atoms with van der Waals surface area (Å²) < 4.78 is 23.4. The average Bonchev–Trinajstić information content (AvgIpc) is 2.56. The Hall–Kier alpha value is -2.31. The van der Waals surface area contributed by atoms with Gasteiger partial charge in [-0.05, 0) is 24.3 Å². The van der Waals surface area contributed by atoms with Gasteiger partial charge in [0.1, 0.15) is 11.6 Å². The lowest BCUT2D eigenvalue weighted by Crippen LogP contribution is -2.21. The second kappa shape index (κ2) is 7.99. The van der Waals surface area contributed by atoms with Crippen LogP contribution in [0.3, 0.4) is 0 Å². The molecule has 2 aromatic carbocycles. The number of carbonyl (C=O) groups is 2. The van der Waals surface area contributed by atoms with E-state index in [1.54, 1.807) is 12.1 Å². The van der Waals surface area contributed by atoms with Gasteiger partial charge < -0.3 is 14.8 Å². The van der Waals surface area contributed by atoms with E-state index in [1.165, 1.54) is 25.3 Å². The molecule has 0 aliphatic heterocycles. The fourth-order valence-corrected chi connectivity index (χ4v) is 2.13. The molecule has 126 valence electrons. The maximum Gasteiger partial charge on any atom is 0.341 e. The molecule has 0 atom stereocenters. The molecule has 0 aliphatic rings. The van der Waals surface area contributed by atoms with Crippen LogP contribution in [0.5, 0.6) is 5.75 Å². The molecule has 2 rings (SSSR count). The van der Waals surface area contributed by atoms with Crippen LogP contribution < -0.4 is 10.1 Å². The van der Waals surface area contributed by atoms with Crippen molar-refractivity contribution in [3.05, 3.63) is 57.8 Å². The van der Waals surface area contributed by atoms with Crippen molar-refractivity contribution >= 4 is 40.8 Å². The number of nitrogens with one attached hydrogen (secondary N) is 1. The van der Waals surface area contributed by atoms with Crippen LogP contribution in [0.15, 0.2) is 36.4 Å². The molecular formula is C16H12Cl2FNO4. The molecule has 0 bridgehead atoms. The largest absolute Gasteiger partial charge is 0.497 e. The standard InChI is InChI=1S/C16H12Cl2FNO4/c1-23-9-5-6-10(12(19)7-9)16(22)24-8-14(21)20-13-4-2-3-11(17)15(13)18/h2-7H,8H2,1H3,(H,20,21). The minimum Gasteiger partial charge on any atom is -0.497 e. The SMILES string of the molecule is COc1ccc(C(=O)OCC(=O)Nc2cccc(Cl)c2Cl)c(F)c1. The van der Waals surface area contributed by atoms with Crippen LogP contribution >= 0.6 is 23.2 Å². The smallest absolute Gasteiger partial charge is 0.341 e. The zero-order valence-electron chi connectivity index (χ0n) is 12.4. The van der Waals surface area contributed by atoms with Gasteiger partial charge in [-0.1, -0.05) is 29.3 Å². The first-order valence-electron chi connectivity index (χ1n) is 6.67. The normalized spacial score (nSPS) is 10.2. The first-order chi connectivity index (χ1) is 11.4. The lowest BCUT2D eigenvalue weighted by Gasteiger charge is -2.09. The molecule has 0 spiro atoms. The molecule has 1 amide bonds. The Kier molecular flexibility index (Phi) is 6.00. The number of ether oxygens (including phenoxy) is 2. The molecule has 5 nitrogen and oxygen atoms in total. The Morgan fingerprint density at radius 1 is 1.21 bits per heavy atom. The van der Waals surface area contributed by atoms with E-state index in [-0.39, 0.29) is 27.0 Å². The van der Waals surface area contributed by atoms with Gasteiger partial charge in [0.05, 0.1) is 28.4 Å². The highest BCUT2D eigenvalue weighted by Gasteiger charge is 2.16. The number of methoxy groups -OCH3 is 1. The first kappa shape index (κ1) is 18.0. The minimum absolute atomic E-state index is 0.167. The molecule has 0 unspecified atom stereocenters. The fourth-order valence-electron chi connectivity index (χ4n) is 1.78. The van der Waals surface area contributed by atoms with Crippen molar-refractivity contribution in [2.24, 2.45) is 0 Å². The summed E-state index contributed by atoms with van der Waals surface area (Å²) in [5.41, 5.74) is -0.0229. The molecule has 0 saturated heterocycles. The van der Waals surface area contributed by atoms with Gasteiger partial charge in [0, 0.05) is 6.07 Å². The third-order valence-electron chi connectivity index (χ3n) is 2.96. The third kappa shape index (κ3) is 4.37. The third-order valence-corrected chi connectivity index (χ3v) is 3.78. The quantitative estimate of drug-likeness (QED) is 0.808. The summed E-state index contributed by atoms with van der Waals surface area (Å²) in [5.74, 6) is -2.15. The van der Waals surface area contributed by atoms with Crippen molar-refractivity contribution < 1.29 is 23.5 Å². The van der Waals surface area contributed by atoms with Crippen molar-refractivity contribution in [1.29, 1.82) is 0 Å². The fraction of sp³-hybridized carbons (Fsp3) is 0.125. The van der Waals surface area contributed by atoms with Gasteiger partial charge in [0.15, 0.2) is 6.61 Å². The van der Waals surface area contributed by atoms with Crippen LogP contribution in [-0.2, 0) is 9.53 Å². The molecule has 0 heterocycles. The molecule has 8 heteroatoms. The van der Waals surface area contributed by atoms with Gasteiger partial charge in [-0.2, -0.15) is 0 Å². The highest BCUT2D eigenvalue weighted by Crippen LogP contribution is 2.29. The van der Waals surface area contributed by atoms with Crippen LogP contribution in [-0.4, -0.2) is 25.6 Å². The second-order valence-electron chi connectivity index (χ2n) is 4.57. The number of amides is 1. The van der Waals surface area contributed by atoms with Gasteiger partial charge >= 0.3 is 5.97 Å². The molecule has 0 radical (unpaired) electrons. The van der Waals surface area contributed by atoms with Crippen molar-refractivity contribution in [2.45, 2.75) is 0 Å². The number of hydrogen-bond donors (Lipinski definition) is 1. The molecule has 2 aromatic rings. The van der Waals surface area contributed by atoms with E-state index in [4.69, 9.17) is 32.7 Å². The van der Waals surface area contributed by atoms with Crippen LogP contribution in [0.4, 0.5) is 10.1 Å². The average molecular weight is 372 g/mol. The van der Waals surface area contributed by atoms with Crippen LogP contribution in [0.1, 0.15) is 10.4 Å². The highest BCUT2D eigenvalue weighted by molar-refractivity contribution is 6.44. The van der Waals surface area contributed by atoms with E-state index >= 15 is 0 Å². The molecule has 1 N–H and O–H groups in total. The monoisotopic (exact) mass is 371 g/mol. The Morgan fingerprint density at radius 3 is 2.62 bits per heavy atom. The van der Waals surface area contributed by atoms with E-state index < -0.39 is 24.3 Å². The molecule has 0 aliphatic carbocycles. The topological polar surface area (TPSA) is 64.6 Å². The van der Waals surface area contributed by atoms with E-state index in [1.807, 2.05) is 0 Å². The second-order valence-corrected chi connectivity index (χ2v) is 5.36. The Balaban J connectivity index is 1.96. The summed E-state index contributed by atoms with van der Waals surface area (Å²) >= 11 is 11.8. The number of rotatable bonds is 5. The van der Waals surface area contributed by atoms with Crippen LogP contribution in [0, 0.1) is 5.82 Å². The number of anilines is 1. The molecule has 0 aromatic heterocycles. The lowest BCUT2D eigenvalue weighted by molar-refractivity contribution is -0.119. The van der Waals surface area contributed by atoms with E-state index in [0.29, 0.717) is 0 Å². The van der Waals surface area contributed by atoms with Crippen molar-refractivity contribution in [2.75, 3.05) is 19.0 Å². The predicted molar refractivity (Wildman–Crippen MR) is 88.3 cm³/mol.